The molecule has 0 fully saturated rings. The fourth-order valence-corrected chi connectivity index (χ4v) is 4.68. The smallest absolute Gasteiger partial charge is 0.265 e. The Morgan fingerprint density at radius 1 is 1.03 bits per heavy atom. The zero-order valence-electron chi connectivity index (χ0n) is 17.7. The number of hydrogen-bond acceptors (Lipinski definition) is 3. The highest BCUT2D eigenvalue weighted by atomic mass is 35.5. The number of nitrogens with zero attached hydrogens (tertiary/aromatic N) is 1. The molecule has 0 unspecified atom stereocenters. The number of anilines is 1. The molecule has 1 aliphatic rings. The molecule has 0 atom stereocenters. The number of benzene rings is 3. The molecule has 6 heteroatoms. The van der Waals surface area contributed by atoms with Gasteiger partial charge in [0.2, 0.25) is 5.91 Å². The van der Waals surface area contributed by atoms with E-state index in [9.17, 15) is 9.59 Å². The SMILES string of the molecule is Cc1ccccc1CN1C(=O)C(=CC(=O)NCCc2ccc(Cl)cc2)Sc2ccccc21. The second kappa shape index (κ2) is 10.1. The Balaban J connectivity index is 1.49. The van der Waals surface area contributed by atoms with Crippen molar-refractivity contribution in [1.82, 2.24) is 5.32 Å². The standard InChI is InChI=1S/C26H23ClN2O2S/c1-18-6-2-3-7-20(18)17-29-22-8-4-5-9-23(22)32-24(26(29)31)16-25(30)28-15-14-19-10-12-21(27)13-11-19/h2-13,16H,14-15,17H2,1H3,(H,28,30). The zero-order valence-corrected chi connectivity index (χ0v) is 19.2. The number of halogens is 1. The molecule has 1 heterocycles. The van der Waals surface area contributed by atoms with Crippen molar-refractivity contribution < 1.29 is 9.59 Å². The average Bonchev–Trinajstić information content (AvgIpc) is 2.79. The van der Waals surface area contributed by atoms with E-state index in [4.69, 9.17) is 11.6 Å². The maximum Gasteiger partial charge on any atom is 0.265 e. The summed E-state index contributed by atoms with van der Waals surface area (Å²) in [7, 11) is 0. The number of para-hydroxylation sites is 1. The number of amides is 2. The molecule has 32 heavy (non-hydrogen) atoms. The van der Waals surface area contributed by atoms with Crippen LogP contribution in [0.2, 0.25) is 5.02 Å². The van der Waals surface area contributed by atoms with Crippen LogP contribution in [0.3, 0.4) is 0 Å². The van der Waals surface area contributed by atoms with E-state index < -0.39 is 0 Å². The first-order valence-corrected chi connectivity index (χ1v) is 11.6. The monoisotopic (exact) mass is 462 g/mol. The van der Waals surface area contributed by atoms with Crippen LogP contribution in [0.1, 0.15) is 16.7 Å². The number of fused-ring (bicyclic) bond motifs is 1. The fourth-order valence-electron chi connectivity index (χ4n) is 3.53. The summed E-state index contributed by atoms with van der Waals surface area (Å²) in [6.07, 6.45) is 2.10. The predicted molar refractivity (Wildman–Crippen MR) is 131 cm³/mol. The van der Waals surface area contributed by atoms with Crippen LogP contribution in [0.4, 0.5) is 5.69 Å². The largest absolute Gasteiger partial charge is 0.352 e. The highest BCUT2D eigenvalue weighted by molar-refractivity contribution is 8.04. The number of rotatable bonds is 6. The van der Waals surface area contributed by atoms with Gasteiger partial charge in [0, 0.05) is 22.5 Å². The molecule has 3 aromatic carbocycles. The van der Waals surface area contributed by atoms with Crippen molar-refractivity contribution >= 4 is 40.9 Å². The van der Waals surface area contributed by atoms with E-state index in [-0.39, 0.29) is 11.8 Å². The highest BCUT2D eigenvalue weighted by Crippen LogP contribution is 2.42. The first kappa shape index (κ1) is 22.2. The lowest BCUT2D eigenvalue weighted by atomic mass is 10.1. The third-order valence-corrected chi connectivity index (χ3v) is 6.64. The average molecular weight is 463 g/mol. The summed E-state index contributed by atoms with van der Waals surface area (Å²) in [5, 5.41) is 3.56. The predicted octanol–water partition coefficient (Wildman–Crippen LogP) is 5.53. The number of aryl methyl sites for hydroxylation is 1. The number of thioether (sulfide) groups is 1. The summed E-state index contributed by atoms with van der Waals surface area (Å²) >= 11 is 7.25. The number of nitrogens with one attached hydrogen (secondary N) is 1. The van der Waals surface area contributed by atoms with Gasteiger partial charge in [-0.25, -0.2) is 0 Å². The van der Waals surface area contributed by atoms with Crippen molar-refractivity contribution in [2.45, 2.75) is 24.8 Å². The molecule has 162 valence electrons. The molecule has 0 bridgehead atoms. The van der Waals surface area contributed by atoms with Crippen LogP contribution in [0, 0.1) is 6.92 Å². The van der Waals surface area contributed by atoms with Gasteiger partial charge in [-0.05, 0) is 54.3 Å². The van der Waals surface area contributed by atoms with Crippen LogP contribution in [0.5, 0.6) is 0 Å². The maximum atomic E-state index is 13.3. The second-order valence-corrected chi connectivity index (χ2v) is 9.08. The van der Waals surface area contributed by atoms with Crippen molar-refractivity contribution in [3.05, 3.63) is 105 Å². The van der Waals surface area contributed by atoms with Crippen molar-refractivity contribution in [2.24, 2.45) is 0 Å². The van der Waals surface area contributed by atoms with Gasteiger partial charge in [-0.1, -0.05) is 71.9 Å². The lowest BCUT2D eigenvalue weighted by Gasteiger charge is -2.30. The third-order valence-electron chi connectivity index (χ3n) is 5.31. The Morgan fingerprint density at radius 3 is 2.53 bits per heavy atom. The third kappa shape index (κ3) is 5.23. The first-order chi connectivity index (χ1) is 15.5. The Morgan fingerprint density at radius 2 is 1.75 bits per heavy atom. The number of carbonyl (C=O) groups excluding carboxylic acids is 2. The van der Waals surface area contributed by atoms with E-state index in [0.717, 1.165) is 27.3 Å². The number of carbonyl (C=O) groups is 2. The Bertz CT molecular complexity index is 1170. The molecule has 0 saturated heterocycles. The summed E-state index contributed by atoms with van der Waals surface area (Å²) < 4.78 is 0. The minimum atomic E-state index is -0.273. The normalized spacial score (nSPS) is 14.4. The Kier molecular flexibility index (Phi) is 6.98. The van der Waals surface area contributed by atoms with Crippen LogP contribution in [0.25, 0.3) is 0 Å². The van der Waals surface area contributed by atoms with Gasteiger partial charge >= 0.3 is 0 Å². The van der Waals surface area contributed by atoms with Crippen LogP contribution in [-0.4, -0.2) is 18.4 Å². The molecular formula is C26H23ClN2O2S. The van der Waals surface area contributed by atoms with Crippen molar-refractivity contribution in [2.75, 3.05) is 11.4 Å². The molecular weight excluding hydrogens is 440 g/mol. The lowest BCUT2D eigenvalue weighted by Crippen LogP contribution is -2.35. The van der Waals surface area contributed by atoms with Crippen molar-refractivity contribution in [3.8, 4) is 0 Å². The van der Waals surface area contributed by atoms with E-state index in [1.807, 2.05) is 79.7 Å². The van der Waals surface area contributed by atoms with Gasteiger partial charge in [-0.15, -0.1) is 0 Å². The molecule has 0 spiro atoms. The van der Waals surface area contributed by atoms with Gasteiger partial charge in [0.1, 0.15) is 0 Å². The molecule has 3 aromatic rings. The quantitative estimate of drug-likeness (QED) is 0.490. The Hall–Kier alpha value is -3.02. The van der Waals surface area contributed by atoms with Gasteiger partial charge in [0.15, 0.2) is 0 Å². The molecule has 0 aliphatic carbocycles. The van der Waals surface area contributed by atoms with Gasteiger partial charge in [0.05, 0.1) is 17.1 Å². The molecule has 1 aliphatic heterocycles. The lowest BCUT2D eigenvalue weighted by molar-refractivity contribution is -0.118. The number of hydrogen-bond donors (Lipinski definition) is 1. The van der Waals surface area contributed by atoms with Gasteiger partial charge < -0.3 is 10.2 Å². The van der Waals surface area contributed by atoms with E-state index in [1.165, 1.54) is 17.8 Å². The Labute approximate surface area is 197 Å². The van der Waals surface area contributed by atoms with Crippen LogP contribution in [-0.2, 0) is 22.6 Å². The second-order valence-electron chi connectivity index (χ2n) is 7.56. The van der Waals surface area contributed by atoms with E-state index >= 15 is 0 Å². The maximum absolute atomic E-state index is 13.3. The molecule has 4 rings (SSSR count). The zero-order chi connectivity index (χ0) is 22.5. The molecule has 2 amide bonds. The van der Waals surface area contributed by atoms with Gasteiger partial charge in [-0.2, -0.15) is 0 Å². The van der Waals surface area contributed by atoms with Crippen LogP contribution < -0.4 is 10.2 Å². The van der Waals surface area contributed by atoms with E-state index in [0.29, 0.717) is 29.4 Å². The van der Waals surface area contributed by atoms with E-state index in [2.05, 4.69) is 5.32 Å². The summed E-state index contributed by atoms with van der Waals surface area (Å²) in [6, 6.07) is 23.4. The molecule has 0 saturated carbocycles. The minimum Gasteiger partial charge on any atom is -0.352 e. The highest BCUT2D eigenvalue weighted by Gasteiger charge is 2.29. The molecule has 0 radical (unpaired) electrons. The summed E-state index contributed by atoms with van der Waals surface area (Å²) in [4.78, 5) is 29.0. The van der Waals surface area contributed by atoms with E-state index in [1.54, 1.807) is 4.90 Å². The summed E-state index contributed by atoms with van der Waals surface area (Å²) in [5.41, 5.74) is 4.16. The van der Waals surface area contributed by atoms with Crippen molar-refractivity contribution in [1.29, 1.82) is 0 Å². The molecule has 4 nitrogen and oxygen atoms in total. The van der Waals surface area contributed by atoms with Crippen LogP contribution in [0.15, 0.2) is 88.7 Å². The summed E-state index contributed by atoms with van der Waals surface area (Å²) in [6.45, 7) is 2.97. The minimum absolute atomic E-state index is 0.162. The van der Waals surface area contributed by atoms with Gasteiger partial charge in [-0.3, -0.25) is 9.59 Å². The fraction of sp³-hybridized carbons (Fsp3) is 0.154. The summed E-state index contributed by atoms with van der Waals surface area (Å²) in [5.74, 6) is -0.435. The first-order valence-electron chi connectivity index (χ1n) is 10.4. The van der Waals surface area contributed by atoms with Crippen LogP contribution >= 0.6 is 23.4 Å². The topological polar surface area (TPSA) is 49.4 Å². The van der Waals surface area contributed by atoms with Crippen molar-refractivity contribution in [3.63, 3.8) is 0 Å². The molecule has 1 N–H and O–H groups in total. The van der Waals surface area contributed by atoms with Gasteiger partial charge in [0.25, 0.3) is 5.91 Å². The molecule has 0 aromatic heterocycles.